The molecule has 0 fully saturated rings. The van der Waals surface area contributed by atoms with Crippen molar-refractivity contribution in [3.8, 4) is 0 Å². The maximum absolute atomic E-state index is 11.4. The second kappa shape index (κ2) is 26.1. The topological polar surface area (TPSA) is 107 Å². The molecule has 0 aromatic carbocycles. The zero-order chi connectivity index (χ0) is 22.9. The molecular weight excluding hydrogens is 384 g/mol. The molecule has 2 atom stereocenters. The van der Waals surface area contributed by atoms with Crippen LogP contribution in [0.2, 0.25) is 0 Å². The molecule has 0 aliphatic rings. The SMILES string of the molecule is CC(O)CO.CCCCCCCC/C=C\CCCCCCCC(=O)OCC(O)CO. The predicted octanol–water partition coefficient (Wildman–Crippen LogP) is 4.28. The molecule has 0 saturated heterocycles. The molecule has 0 saturated carbocycles. The Hall–Kier alpha value is -0.950. The number of aliphatic hydroxyl groups excluding tert-OH is 4. The summed E-state index contributed by atoms with van der Waals surface area (Å²) in [6.45, 7) is 3.16. The Labute approximate surface area is 184 Å². The molecule has 6 nitrogen and oxygen atoms in total. The molecule has 4 N–H and O–H groups in total. The van der Waals surface area contributed by atoms with Crippen LogP contribution in [0.4, 0.5) is 0 Å². The van der Waals surface area contributed by atoms with E-state index in [1.807, 2.05) is 0 Å². The lowest BCUT2D eigenvalue weighted by Crippen LogP contribution is -2.21. The third-order valence-corrected chi connectivity index (χ3v) is 4.55. The number of hydrogen-bond acceptors (Lipinski definition) is 6. The maximum atomic E-state index is 11.4. The first-order valence-electron chi connectivity index (χ1n) is 11.9. The van der Waals surface area contributed by atoms with E-state index in [2.05, 4.69) is 19.1 Å². The summed E-state index contributed by atoms with van der Waals surface area (Å²) in [4.78, 5) is 11.4. The van der Waals surface area contributed by atoms with Crippen molar-refractivity contribution in [2.45, 2.75) is 116 Å². The van der Waals surface area contributed by atoms with Gasteiger partial charge in [0.1, 0.15) is 12.7 Å². The van der Waals surface area contributed by atoms with E-state index in [-0.39, 0.29) is 25.8 Å². The van der Waals surface area contributed by atoms with E-state index in [1.165, 1.54) is 64.7 Å². The number of carbonyl (C=O) groups is 1. The number of rotatable bonds is 19. The van der Waals surface area contributed by atoms with Gasteiger partial charge in [-0.15, -0.1) is 0 Å². The average Bonchev–Trinajstić information content (AvgIpc) is 2.75. The number of hydrogen-bond donors (Lipinski definition) is 4. The van der Waals surface area contributed by atoms with Crippen LogP contribution in [0.3, 0.4) is 0 Å². The number of ether oxygens (including phenoxy) is 1. The summed E-state index contributed by atoms with van der Waals surface area (Å²) >= 11 is 0. The van der Waals surface area contributed by atoms with E-state index in [0.717, 1.165) is 25.7 Å². The lowest BCUT2D eigenvalue weighted by molar-refractivity contribution is -0.147. The average molecular weight is 433 g/mol. The molecule has 2 unspecified atom stereocenters. The van der Waals surface area contributed by atoms with Gasteiger partial charge in [-0.25, -0.2) is 0 Å². The highest BCUT2D eigenvalue weighted by atomic mass is 16.5. The van der Waals surface area contributed by atoms with Gasteiger partial charge in [-0.05, 0) is 39.0 Å². The molecule has 0 bridgehead atoms. The van der Waals surface area contributed by atoms with Crippen LogP contribution >= 0.6 is 0 Å². The van der Waals surface area contributed by atoms with Crippen molar-refractivity contribution < 1.29 is 30.0 Å². The van der Waals surface area contributed by atoms with Crippen LogP contribution in [0.15, 0.2) is 12.2 Å². The Morgan fingerprint density at radius 2 is 1.27 bits per heavy atom. The minimum Gasteiger partial charge on any atom is -0.463 e. The molecule has 30 heavy (non-hydrogen) atoms. The van der Waals surface area contributed by atoms with E-state index < -0.39 is 12.2 Å². The minimum absolute atomic E-state index is 0.111. The summed E-state index contributed by atoms with van der Waals surface area (Å²) in [6, 6.07) is 0. The number of unbranched alkanes of at least 4 members (excludes halogenated alkanes) is 11. The summed E-state index contributed by atoms with van der Waals surface area (Å²) in [6.07, 6.45) is 19.5. The number of carbonyl (C=O) groups excluding carboxylic acids is 1. The van der Waals surface area contributed by atoms with Gasteiger partial charge in [0.05, 0.1) is 19.3 Å². The quantitative estimate of drug-likeness (QED) is 0.138. The van der Waals surface area contributed by atoms with Crippen LogP contribution in [0.5, 0.6) is 0 Å². The van der Waals surface area contributed by atoms with Gasteiger partial charge in [0, 0.05) is 6.42 Å². The van der Waals surface area contributed by atoms with Crippen molar-refractivity contribution in [2.24, 2.45) is 0 Å². The Morgan fingerprint density at radius 1 is 0.800 bits per heavy atom. The van der Waals surface area contributed by atoms with Gasteiger partial charge in [0.15, 0.2) is 0 Å². The molecule has 0 spiro atoms. The zero-order valence-corrected chi connectivity index (χ0v) is 19.4. The second-order valence-corrected chi connectivity index (χ2v) is 7.89. The molecule has 0 amide bonds. The third kappa shape index (κ3) is 29.3. The van der Waals surface area contributed by atoms with Crippen LogP contribution in [0, 0.1) is 0 Å². The predicted molar refractivity (Wildman–Crippen MR) is 122 cm³/mol. The highest BCUT2D eigenvalue weighted by Gasteiger charge is 2.07. The van der Waals surface area contributed by atoms with E-state index in [9.17, 15) is 4.79 Å². The Kier molecular flexibility index (Phi) is 27.2. The van der Waals surface area contributed by atoms with Crippen molar-refractivity contribution >= 4 is 5.97 Å². The van der Waals surface area contributed by atoms with Gasteiger partial charge >= 0.3 is 5.97 Å². The lowest BCUT2D eigenvalue weighted by Gasteiger charge is -2.08. The van der Waals surface area contributed by atoms with Crippen molar-refractivity contribution in [1.29, 1.82) is 0 Å². The molecule has 0 aliphatic carbocycles. The van der Waals surface area contributed by atoms with E-state index >= 15 is 0 Å². The Morgan fingerprint density at radius 3 is 1.73 bits per heavy atom. The first kappa shape index (κ1) is 31.2. The maximum Gasteiger partial charge on any atom is 0.305 e. The van der Waals surface area contributed by atoms with Gasteiger partial charge in [-0.1, -0.05) is 70.4 Å². The Bertz CT molecular complexity index is 371. The minimum atomic E-state index is -0.960. The fourth-order valence-corrected chi connectivity index (χ4v) is 2.65. The van der Waals surface area contributed by atoms with E-state index in [4.69, 9.17) is 25.2 Å². The Balaban J connectivity index is 0. The highest BCUT2D eigenvalue weighted by molar-refractivity contribution is 5.69. The fraction of sp³-hybridized carbons (Fsp3) is 0.875. The largest absolute Gasteiger partial charge is 0.463 e. The van der Waals surface area contributed by atoms with Crippen LogP contribution in [0.25, 0.3) is 0 Å². The molecule has 0 aromatic heterocycles. The smallest absolute Gasteiger partial charge is 0.305 e. The highest BCUT2D eigenvalue weighted by Crippen LogP contribution is 2.10. The molecule has 0 aromatic rings. The third-order valence-electron chi connectivity index (χ3n) is 4.55. The number of allylic oxidation sites excluding steroid dienone is 2. The number of aliphatic hydroxyl groups is 4. The number of esters is 1. The van der Waals surface area contributed by atoms with Gasteiger partial charge in [0.25, 0.3) is 0 Å². The summed E-state index contributed by atoms with van der Waals surface area (Å²) in [5.41, 5.74) is 0. The zero-order valence-electron chi connectivity index (χ0n) is 19.4. The molecule has 180 valence electrons. The van der Waals surface area contributed by atoms with E-state index in [0.29, 0.717) is 6.42 Å². The monoisotopic (exact) mass is 432 g/mol. The fourth-order valence-electron chi connectivity index (χ4n) is 2.65. The second-order valence-electron chi connectivity index (χ2n) is 7.89. The molecule has 6 heteroatoms. The van der Waals surface area contributed by atoms with Gasteiger partial charge in [-0.3, -0.25) is 4.79 Å². The van der Waals surface area contributed by atoms with Crippen LogP contribution < -0.4 is 0 Å². The lowest BCUT2D eigenvalue weighted by atomic mass is 10.1. The molecule has 0 heterocycles. The van der Waals surface area contributed by atoms with Gasteiger partial charge in [0.2, 0.25) is 0 Å². The van der Waals surface area contributed by atoms with E-state index in [1.54, 1.807) is 0 Å². The summed E-state index contributed by atoms with van der Waals surface area (Å²) < 4.78 is 4.86. The van der Waals surface area contributed by atoms with Crippen LogP contribution in [-0.4, -0.2) is 58.4 Å². The first-order valence-corrected chi connectivity index (χ1v) is 11.9. The van der Waals surface area contributed by atoms with Crippen LogP contribution in [-0.2, 0) is 9.53 Å². The molecule has 0 radical (unpaired) electrons. The molecular formula is C24H48O6. The van der Waals surface area contributed by atoms with Crippen molar-refractivity contribution in [3.63, 3.8) is 0 Å². The summed E-state index contributed by atoms with van der Waals surface area (Å²) in [5.74, 6) is -0.287. The molecule has 0 aliphatic heterocycles. The van der Waals surface area contributed by atoms with Crippen LogP contribution in [0.1, 0.15) is 104 Å². The van der Waals surface area contributed by atoms with Gasteiger partial charge < -0.3 is 25.2 Å². The van der Waals surface area contributed by atoms with Crippen molar-refractivity contribution in [2.75, 3.05) is 19.8 Å². The molecule has 0 rings (SSSR count). The normalized spacial score (nSPS) is 13.0. The standard InChI is InChI=1S/C21H40O4.C3H8O2/c1-2-3-4-5-6-7-8-9-10-11-12-13-14-15-16-17-21(24)25-19-20(23)18-22;1-3(5)2-4/h9-10,20,22-23H,2-8,11-19H2,1H3;3-5H,2H2,1H3/b10-9-;. The summed E-state index contributed by atoms with van der Waals surface area (Å²) in [5, 5.41) is 33.7. The summed E-state index contributed by atoms with van der Waals surface area (Å²) in [7, 11) is 0. The van der Waals surface area contributed by atoms with Crippen molar-refractivity contribution in [1.82, 2.24) is 0 Å². The van der Waals surface area contributed by atoms with Crippen molar-refractivity contribution in [3.05, 3.63) is 12.2 Å². The first-order chi connectivity index (χ1) is 14.5. The van der Waals surface area contributed by atoms with Gasteiger partial charge in [-0.2, -0.15) is 0 Å².